The smallest absolute Gasteiger partial charge is 0.305 e. The Balaban J connectivity index is 3.48. The highest BCUT2D eigenvalue weighted by molar-refractivity contribution is 5.76. The van der Waals surface area contributed by atoms with Crippen LogP contribution < -0.4 is 5.32 Å². The van der Waals surface area contributed by atoms with Crippen molar-refractivity contribution in [3.63, 3.8) is 0 Å². The molecule has 0 heterocycles. The summed E-state index contributed by atoms with van der Waals surface area (Å²) in [6, 6.07) is -0.636. The number of hydrogen-bond acceptors (Lipinski definition) is 5. The Morgan fingerprint density at radius 3 is 1.49 bits per heavy atom. The third kappa shape index (κ3) is 39.6. The Hall–Kier alpha value is -1.92. The molecule has 6 nitrogen and oxygen atoms in total. The average molecular weight is 746 g/mol. The highest BCUT2D eigenvalue weighted by Gasteiger charge is 2.18. The van der Waals surface area contributed by atoms with Gasteiger partial charge >= 0.3 is 5.97 Å². The van der Waals surface area contributed by atoms with Crippen LogP contribution in [-0.2, 0) is 14.3 Å². The van der Waals surface area contributed by atoms with Crippen LogP contribution in [0.15, 0.2) is 36.5 Å². The summed E-state index contributed by atoms with van der Waals surface area (Å²) < 4.78 is 5.44. The molecule has 0 saturated carbocycles. The molecule has 2 unspecified atom stereocenters. The van der Waals surface area contributed by atoms with Gasteiger partial charge in [0, 0.05) is 12.8 Å². The maximum atomic E-state index is 12.3. The molecule has 0 aliphatic heterocycles. The van der Waals surface area contributed by atoms with Crippen molar-refractivity contribution in [3.8, 4) is 0 Å². The molecule has 6 heteroatoms. The number of amides is 1. The van der Waals surface area contributed by atoms with Crippen LogP contribution in [0.25, 0.3) is 0 Å². The summed E-state index contributed by atoms with van der Waals surface area (Å²) in [5.74, 6) is -0.109. The van der Waals surface area contributed by atoms with Crippen LogP contribution in [0.4, 0.5) is 0 Å². The number of esters is 1. The molecule has 0 saturated heterocycles. The summed E-state index contributed by atoms with van der Waals surface area (Å²) in [7, 11) is 0. The van der Waals surface area contributed by atoms with E-state index < -0.39 is 12.1 Å². The zero-order valence-corrected chi connectivity index (χ0v) is 35.0. The van der Waals surface area contributed by atoms with Gasteiger partial charge in [-0.05, 0) is 57.8 Å². The number of aliphatic hydroxyl groups excluding tert-OH is 2. The first-order chi connectivity index (χ1) is 26.0. The van der Waals surface area contributed by atoms with Crippen LogP contribution >= 0.6 is 0 Å². The molecule has 1 amide bonds. The predicted octanol–water partition coefficient (Wildman–Crippen LogP) is 12.9. The maximum absolute atomic E-state index is 12.3. The zero-order valence-electron chi connectivity index (χ0n) is 35.0. The largest absolute Gasteiger partial charge is 0.466 e. The summed E-state index contributed by atoms with van der Waals surface area (Å²) in [4.78, 5) is 24.3. The van der Waals surface area contributed by atoms with Gasteiger partial charge in [0.1, 0.15) is 0 Å². The number of ether oxygens (including phenoxy) is 1. The molecule has 0 rings (SSSR count). The van der Waals surface area contributed by atoms with E-state index in [-0.39, 0.29) is 18.5 Å². The number of aliphatic hydroxyl groups is 2. The van der Waals surface area contributed by atoms with Crippen molar-refractivity contribution in [3.05, 3.63) is 36.5 Å². The van der Waals surface area contributed by atoms with Crippen LogP contribution in [0, 0.1) is 0 Å². The molecule has 0 radical (unpaired) electrons. The standard InChI is InChI=1S/C47H87NO5/c1-3-5-7-9-11-13-14-15-18-21-25-29-33-37-41-47(52)53-42-38-34-30-26-22-19-16-17-20-24-28-32-36-40-46(51)48-44(43-49)45(50)39-35-31-27-23-12-10-8-6-4-2/h9,11,14-15,35,39,44-45,49-50H,3-8,10,12-13,16-34,36-38,40-43H2,1-2H3,(H,48,51)/b11-9-,15-14-,39-35+. The normalized spacial score (nSPS) is 13.1. The lowest BCUT2D eigenvalue weighted by Crippen LogP contribution is -2.45. The molecule has 0 aliphatic carbocycles. The number of nitrogens with one attached hydrogen (secondary N) is 1. The number of unbranched alkanes of at least 4 members (excludes halogenated alkanes) is 26. The lowest BCUT2D eigenvalue weighted by atomic mass is 10.0. The number of carbonyl (C=O) groups is 2. The van der Waals surface area contributed by atoms with E-state index >= 15 is 0 Å². The Bertz CT molecular complexity index is 869. The van der Waals surface area contributed by atoms with Crippen LogP contribution in [0.2, 0.25) is 0 Å². The van der Waals surface area contributed by atoms with Gasteiger partial charge in [-0.3, -0.25) is 9.59 Å². The first-order valence-electron chi connectivity index (χ1n) is 22.8. The van der Waals surface area contributed by atoms with Crippen molar-refractivity contribution in [2.45, 2.75) is 238 Å². The van der Waals surface area contributed by atoms with Crippen molar-refractivity contribution in [2.75, 3.05) is 13.2 Å². The Morgan fingerprint density at radius 1 is 0.528 bits per heavy atom. The summed E-state index contributed by atoms with van der Waals surface area (Å²) in [5, 5.41) is 22.8. The second-order valence-corrected chi connectivity index (χ2v) is 15.4. The zero-order chi connectivity index (χ0) is 38.7. The van der Waals surface area contributed by atoms with Gasteiger partial charge < -0.3 is 20.3 Å². The predicted molar refractivity (Wildman–Crippen MR) is 227 cm³/mol. The summed E-state index contributed by atoms with van der Waals surface area (Å²) in [5.41, 5.74) is 0. The van der Waals surface area contributed by atoms with E-state index in [4.69, 9.17) is 4.74 Å². The number of allylic oxidation sites excluding steroid dienone is 5. The van der Waals surface area contributed by atoms with E-state index in [0.29, 0.717) is 19.4 Å². The lowest BCUT2D eigenvalue weighted by molar-refractivity contribution is -0.143. The van der Waals surface area contributed by atoms with E-state index in [1.54, 1.807) is 6.08 Å². The molecule has 53 heavy (non-hydrogen) atoms. The molecule has 0 aromatic rings. The number of hydrogen-bond donors (Lipinski definition) is 3. The summed E-state index contributed by atoms with van der Waals surface area (Å²) >= 11 is 0. The molecular formula is C47H87NO5. The molecular weight excluding hydrogens is 659 g/mol. The average Bonchev–Trinajstić information content (AvgIpc) is 3.16. The van der Waals surface area contributed by atoms with Crippen LogP contribution in [0.1, 0.15) is 226 Å². The number of rotatable bonds is 41. The minimum absolute atomic E-state index is 0.0229. The van der Waals surface area contributed by atoms with Crippen LogP contribution in [0.3, 0.4) is 0 Å². The van der Waals surface area contributed by atoms with E-state index in [1.165, 1.54) is 128 Å². The van der Waals surface area contributed by atoms with Gasteiger partial charge in [0.15, 0.2) is 0 Å². The van der Waals surface area contributed by atoms with E-state index in [9.17, 15) is 19.8 Å². The lowest BCUT2D eigenvalue weighted by Gasteiger charge is -2.20. The van der Waals surface area contributed by atoms with Gasteiger partial charge in [-0.1, -0.05) is 192 Å². The second kappa shape index (κ2) is 42.8. The van der Waals surface area contributed by atoms with E-state index in [0.717, 1.165) is 70.6 Å². The number of carbonyl (C=O) groups excluding carboxylic acids is 2. The van der Waals surface area contributed by atoms with Crippen molar-refractivity contribution in [1.82, 2.24) is 5.32 Å². The molecule has 0 spiro atoms. The maximum Gasteiger partial charge on any atom is 0.305 e. The summed E-state index contributed by atoms with van der Waals surface area (Å²) in [6.07, 6.45) is 49.9. The van der Waals surface area contributed by atoms with Crippen molar-refractivity contribution in [1.29, 1.82) is 0 Å². The van der Waals surface area contributed by atoms with Gasteiger partial charge in [0.2, 0.25) is 5.91 Å². The minimum atomic E-state index is -0.851. The fraction of sp³-hybridized carbons (Fsp3) is 0.830. The fourth-order valence-electron chi connectivity index (χ4n) is 6.59. The highest BCUT2D eigenvalue weighted by atomic mass is 16.5. The van der Waals surface area contributed by atoms with Crippen molar-refractivity contribution < 1.29 is 24.5 Å². The highest BCUT2D eigenvalue weighted by Crippen LogP contribution is 2.14. The van der Waals surface area contributed by atoms with Crippen molar-refractivity contribution >= 4 is 11.9 Å². The molecule has 0 aliphatic rings. The minimum Gasteiger partial charge on any atom is -0.466 e. The topological polar surface area (TPSA) is 95.9 Å². The molecule has 0 aromatic heterocycles. The third-order valence-electron chi connectivity index (χ3n) is 10.2. The van der Waals surface area contributed by atoms with Crippen LogP contribution in [0.5, 0.6) is 0 Å². The summed E-state index contributed by atoms with van der Waals surface area (Å²) in [6.45, 7) is 4.78. The van der Waals surface area contributed by atoms with Gasteiger partial charge in [-0.25, -0.2) is 0 Å². The van der Waals surface area contributed by atoms with Gasteiger partial charge in [0.25, 0.3) is 0 Å². The third-order valence-corrected chi connectivity index (χ3v) is 10.2. The molecule has 3 N–H and O–H groups in total. The molecule has 0 bridgehead atoms. The second-order valence-electron chi connectivity index (χ2n) is 15.4. The quantitative estimate of drug-likeness (QED) is 0.0329. The molecule has 2 atom stereocenters. The molecule has 310 valence electrons. The Kier molecular flexibility index (Phi) is 41.3. The van der Waals surface area contributed by atoms with Gasteiger partial charge in [-0.2, -0.15) is 0 Å². The van der Waals surface area contributed by atoms with Gasteiger partial charge in [-0.15, -0.1) is 0 Å². The Morgan fingerprint density at radius 2 is 0.962 bits per heavy atom. The SMILES string of the molecule is CCCC/C=C\C/C=C\CCCCCCCC(=O)OCCCCCCCCCCCCCCCC(=O)NC(CO)C(O)/C=C/CCCCCCCCC. The fourth-order valence-corrected chi connectivity index (χ4v) is 6.59. The monoisotopic (exact) mass is 746 g/mol. The Labute approximate surface area is 328 Å². The molecule has 0 aromatic carbocycles. The van der Waals surface area contributed by atoms with Gasteiger partial charge in [0.05, 0.1) is 25.4 Å². The van der Waals surface area contributed by atoms with Crippen LogP contribution in [-0.4, -0.2) is 47.4 Å². The molecule has 0 fully saturated rings. The first-order valence-corrected chi connectivity index (χ1v) is 22.8. The first kappa shape index (κ1) is 51.1. The van der Waals surface area contributed by atoms with E-state index in [2.05, 4.69) is 43.5 Å². The van der Waals surface area contributed by atoms with E-state index in [1.807, 2.05) is 6.08 Å². The van der Waals surface area contributed by atoms with Crippen molar-refractivity contribution in [2.24, 2.45) is 0 Å².